The van der Waals surface area contributed by atoms with Gasteiger partial charge in [-0.15, -0.1) is 0 Å². The van der Waals surface area contributed by atoms with Crippen molar-refractivity contribution in [3.05, 3.63) is 35.4 Å². The molecule has 1 rings (SSSR count). The molecule has 0 aromatic heterocycles. The summed E-state index contributed by atoms with van der Waals surface area (Å²) in [6.45, 7) is 4.29. The van der Waals surface area contributed by atoms with Crippen LogP contribution in [0, 0.1) is 0 Å². The second-order valence-electron chi connectivity index (χ2n) is 4.72. The van der Waals surface area contributed by atoms with Gasteiger partial charge >= 0.3 is 0 Å². The summed E-state index contributed by atoms with van der Waals surface area (Å²) in [5.74, 6) is 1.36. The van der Waals surface area contributed by atoms with Gasteiger partial charge in [-0.25, -0.2) is 0 Å². The van der Waals surface area contributed by atoms with Crippen LogP contribution in [0.25, 0.3) is 0 Å². The first-order chi connectivity index (χ1) is 8.67. The van der Waals surface area contributed by atoms with Crippen LogP contribution in [0.5, 0.6) is 0 Å². The lowest BCUT2D eigenvalue weighted by Gasteiger charge is -2.12. The lowest BCUT2D eigenvalue weighted by atomic mass is 10.1. The smallest absolute Gasteiger partial charge is 0.0428 e. The van der Waals surface area contributed by atoms with E-state index in [-0.39, 0.29) is 6.04 Å². The van der Waals surface area contributed by atoms with Gasteiger partial charge in [0.05, 0.1) is 0 Å². The van der Waals surface area contributed by atoms with Gasteiger partial charge in [-0.2, -0.15) is 0 Å². The van der Waals surface area contributed by atoms with Crippen LogP contribution in [-0.2, 0) is 17.2 Å². The van der Waals surface area contributed by atoms with E-state index in [9.17, 15) is 4.21 Å². The lowest BCUT2D eigenvalue weighted by Crippen LogP contribution is -2.19. The third kappa shape index (κ3) is 5.32. The van der Waals surface area contributed by atoms with Crippen LogP contribution in [0.1, 0.15) is 50.3 Å². The first-order valence-electron chi connectivity index (χ1n) is 6.86. The second kappa shape index (κ2) is 8.44. The first-order valence-corrected chi connectivity index (χ1v) is 8.35. The molecule has 3 heteroatoms. The average molecular weight is 267 g/mol. The summed E-state index contributed by atoms with van der Waals surface area (Å²) in [6.07, 6.45) is 4.41. The van der Waals surface area contributed by atoms with Crippen LogP contribution in [-0.4, -0.2) is 15.7 Å². The van der Waals surface area contributed by atoms with Gasteiger partial charge < -0.3 is 5.73 Å². The minimum Gasteiger partial charge on any atom is -0.323 e. The Kier molecular flexibility index (Phi) is 7.21. The molecule has 0 amide bonds. The van der Waals surface area contributed by atoms with E-state index >= 15 is 0 Å². The van der Waals surface area contributed by atoms with Gasteiger partial charge in [0, 0.05) is 28.3 Å². The van der Waals surface area contributed by atoms with Crippen molar-refractivity contribution in [3.63, 3.8) is 0 Å². The van der Waals surface area contributed by atoms with Gasteiger partial charge in [-0.3, -0.25) is 4.21 Å². The zero-order valence-corrected chi connectivity index (χ0v) is 12.3. The van der Waals surface area contributed by atoms with Crippen molar-refractivity contribution >= 4 is 10.8 Å². The maximum Gasteiger partial charge on any atom is 0.0428 e. The predicted octanol–water partition coefficient (Wildman–Crippen LogP) is 3.19. The highest BCUT2D eigenvalue weighted by Crippen LogP contribution is 2.13. The van der Waals surface area contributed by atoms with E-state index in [1.165, 1.54) is 12.0 Å². The molecule has 2 atom stereocenters. The molecule has 1 aromatic carbocycles. The Morgan fingerprint density at radius 3 is 2.39 bits per heavy atom. The van der Waals surface area contributed by atoms with Gasteiger partial charge in [0.1, 0.15) is 0 Å². The van der Waals surface area contributed by atoms with E-state index in [0.717, 1.165) is 30.6 Å². The molecule has 102 valence electrons. The molecule has 2 N–H and O–H groups in total. The fraction of sp³-hybridized carbons (Fsp3) is 0.600. The van der Waals surface area contributed by atoms with E-state index in [0.29, 0.717) is 5.75 Å². The average Bonchev–Trinajstić information content (AvgIpc) is 2.39. The molecular weight excluding hydrogens is 242 g/mol. The van der Waals surface area contributed by atoms with Crippen LogP contribution < -0.4 is 5.73 Å². The molecule has 0 aliphatic carbocycles. The van der Waals surface area contributed by atoms with Crippen molar-refractivity contribution in [3.8, 4) is 0 Å². The Morgan fingerprint density at radius 2 is 1.83 bits per heavy atom. The monoisotopic (exact) mass is 267 g/mol. The third-order valence-electron chi connectivity index (χ3n) is 3.16. The third-order valence-corrected chi connectivity index (χ3v) is 4.63. The number of rotatable bonds is 8. The zero-order chi connectivity index (χ0) is 13.4. The predicted molar refractivity (Wildman–Crippen MR) is 80.1 cm³/mol. The molecule has 0 aliphatic heterocycles. The minimum atomic E-state index is -0.784. The molecule has 0 aliphatic rings. The molecule has 0 heterocycles. The van der Waals surface area contributed by atoms with E-state index in [1.54, 1.807) is 0 Å². The highest BCUT2D eigenvalue weighted by atomic mass is 32.2. The fourth-order valence-corrected chi connectivity index (χ4v) is 3.18. The van der Waals surface area contributed by atoms with Crippen molar-refractivity contribution in [2.24, 2.45) is 5.73 Å². The SMILES string of the molecule is CCCCCS(=O)CC(N)c1ccc(CC)cc1. The summed E-state index contributed by atoms with van der Waals surface area (Å²) in [4.78, 5) is 0. The Bertz CT molecular complexity index is 361. The summed E-state index contributed by atoms with van der Waals surface area (Å²) in [6, 6.07) is 8.24. The molecule has 18 heavy (non-hydrogen) atoms. The van der Waals surface area contributed by atoms with Crippen molar-refractivity contribution in [2.45, 2.75) is 45.6 Å². The Balaban J connectivity index is 2.43. The Morgan fingerprint density at radius 1 is 1.17 bits per heavy atom. The molecule has 2 nitrogen and oxygen atoms in total. The number of nitrogens with two attached hydrogens (primary N) is 1. The van der Waals surface area contributed by atoms with Crippen molar-refractivity contribution in [2.75, 3.05) is 11.5 Å². The Hall–Kier alpha value is -0.670. The van der Waals surface area contributed by atoms with Gasteiger partial charge in [0.2, 0.25) is 0 Å². The molecule has 2 unspecified atom stereocenters. The first kappa shape index (κ1) is 15.4. The fourth-order valence-electron chi connectivity index (χ4n) is 1.89. The molecule has 0 radical (unpaired) electrons. The highest BCUT2D eigenvalue weighted by molar-refractivity contribution is 7.85. The van der Waals surface area contributed by atoms with Gasteiger partial charge in [0.15, 0.2) is 0 Å². The summed E-state index contributed by atoms with van der Waals surface area (Å²) in [5.41, 5.74) is 8.51. The number of aryl methyl sites for hydroxylation is 1. The maximum absolute atomic E-state index is 11.9. The van der Waals surface area contributed by atoms with Crippen molar-refractivity contribution in [1.82, 2.24) is 0 Å². The quantitative estimate of drug-likeness (QED) is 0.735. The second-order valence-corrected chi connectivity index (χ2v) is 6.34. The maximum atomic E-state index is 11.9. The van der Waals surface area contributed by atoms with Crippen LogP contribution in [0.15, 0.2) is 24.3 Å². The molecule has 1 aromatic rings. The largest absolute Gasteiger partial charge is 0.323 e. The number of hydrogen-bond donors (Lipinski definition) is 1. The van der Waals surface area contributed by atoms with Crippen molar-refractivity contribution < 1.29 is 4.21 Å². The lowest BCUT2D eigenvalue weighted by molar-refractivity contribution is 0.668. The van der Waals surface area contributed by atoms with Gasteiger partial charge in [-0.05, 0) is 24.0 Å². The number of benzene rings is 1. The van der Waals surface area contributed by atoms with E-state index in [1.807, 2.05) is 0 Å². The van der Waals surface area contributed by atoms with Crippen LogP contribution >= 0.6 is 0 Å². The minimum absolute atomic E-state index is 0.0987. The van der Waals surface area contributed by atoms with Gasteiger partial charge in [-0.1, -0.05) is 51.0 Å². The van der Waals surface area contributed by atoms with E-state index in [2.05, 4.69) is 38.1 Å². The van der Waals surface area contributed by atoms with E-state index in [4.69, 9.17) is 5.73 Å². The number of hydrogen-bond acceptors (Lipinski definition) is 2. The summed E-state index contributed by atoms with van der Waals surface area (Å²) in [7, 11) is -0.784. The summed E-state index contributed by atoms with van der Waals surface area (Å²) in [5, 5.41) is 0. The highest BCUT2D eigenvalue weighted by Gasteiger charge is 2.10. The van der Waals surface area contributed by atoms with Crippen LogP contribution in [0.2, 0.25) is 0 Å². The normalized spacial score (nSPS) is 14.4. The van der Waals surface area contributed by atoms with Gasteiger partial charge in [0.25, 0.3) is 0 Å². The summed E-state index contributed by atoms with van der Waals surface area (Å²) < 4.78 is 11.9. The van der Waals surface area contributed by atoms with Crippen LogP contribution in [0.3, 0.4) is 0 Å². The van der Waals surface area contributed by atoms with E-state index < -0.39 is 10.8 Å². The Labute approximate surface area is 113 Å². The molecule has 0 saturated heterocycles. The molecule has 0 bridgehead atoms. The topological polar surface area (TPSA) is 43.1 Å². The molecule has 0 saturated carbocycles. The molecule has 0 spiro atoms. The molecule has 0 fully saturated rings. The zero-order valence-electron chi connectivity index (χ0n) is 11.5. The standard InChI is InChI=1S/C15H25NOS/c1-3-5-6-11-18(17)12-15(16)14-9-7-13(4-2)8-10-14/h7-10,15H,3-6,11-12,16H2,1-2H3. The molecular formula is C15H25NOS. The summed E-state index contributed by atoms with van der Waals surface area (Å²) >= 11 is 0. The van der Waals surface area contributed by atoms with Crippen molar-refractivity contribution in [1.29, 1.82) is 0 Å². The van der Waals surface area contributed by atoms with Crippen LogP contribution in [0.4, 0.5) is 0 Å². The number of unbranched alkanes of at least 4 members (excludes halogenated alkanes) is 2.